The Morgan fingerprint density at radius 1 is 0.912 bits per heavy atom. The predicted molar refractivity (Wildman–Crippen MR) is 134 cm³/mol. The molecule has 0 saturated heterocycles. The van der Waals surface area contributed by atoms with Gasteiger partial charge in [0.2, 0.25) is 0 Å². The van der Waals surface area contributed by atoms with Gasteiger partial charge >= 0.3 is 0 Å². The van der Waals surface area contributed by atoms with Crippen LogP contribution in [-0.4, -0.2) is 20.1 Å². The fraction of sp³-hybridized carbons (Fsp3) is 0.345. The molecule has 3 aliphatic rings. The molecule has 1 amide bonds. The number of benzene rings is 3. The minimum atomic E-state index is -0.111. The van der Waals surface area contributed by atoms with Gasteiger partial charge in [0.05, 0.1) is 20.3 Å². The Balaban J connectivity index is 1.31. The highest BCUT2D eigenvalue weighted by Gasteiger charge is 2.53. The number of amides is 1. The van der Waals surface area contributed by atoms with Gasteiger partial charge in [-0.2, -0.15) is 0 Å². The van der Waals surface area contributed by atoms with Gasteiger partial charge in [-0.05, 0) is 84.4 Å². The molecule has 0 aromatic heterocycles. The summed E-state index contributed by atoms with van der Waals surface area (Å²) in [6.45, 7) is 0. The standard InChI is InChI=1S/C29H30N2O3/c1-33-24-13-11-21(16-25(24)34-2)30-29(32)20-10-12-23-22(15-20)26-18-8-9-19(14-18)27(26)28(31-23)17-6-4-3-5-7-17/h3-7,10-13,15-16,18-19,26-28,31H,8-9,14H2,1-2H3,(H,30,32)/t18-,19-,26-,27-,28+/m0/s1. The second kappa shape index (κ2) is 8.39. The lowest BCUT2D eigenvalue weighted by atomic mass is 9.68. The van der Waals surface area contributed by atoms with Crippen molar-refractivity contribution < 1.29 is 14.3 Å². The van der Waals surface area contributed by atoms with E-state index in [0.717, 1.165) is 5.92 Å². The van der Waals surface area contributed by atoms with E-state index in [4.69, 9.17) is 9.47 Å². The zero-order chi connectivity index (χ0) is 23.2. The molecule has 1 heterocycles. The molecular weight excluding hydrogens is 424 g/mol. The fourth-order valence-electron chi connectivity index (χ4n) is 6.73. The lowest BCUT2D eigenvalue weighted by Gasteiger charge is -2.43. The molecule has 0 unspecified atom stereocenters. The Morgan fingerprint density at radius 2 is 1.71 bits per heavy atom. The first-order valence-electron chi connectivity index (χ1n) is 12.1. The Hall–Kier alpha value is -3.47. The van der Waals surface area contributed by atoms with Crippen LogP contribution in [0.1, 0.15) is 52.7 Å². The molecule has 2 bridgehead atoms. The second-order valence-electron chi connectivity index (χ2n) is 9.79. The minimum Gasteiger partial charge on any atom is -0.493 e. The minimum absolute atomic E-state index is 0.111. The van der Waals surface area contributed by atoms with E-state index < -0.39 is 0 Å². The van der Waals surface area contributed by atoms with Crippen LogP contribution in [0.5, 0.6) is 11.5 Å². The van der Waals surface area contributed by atoms with Gasteiger partial charge in [-0.25, -0.2) is 0 Å². The SMILES string of the molecule is COc1ccc(NC(=O)c2ccc3c(c2)[C@@H]2[C@H]4CC[C@@H](C4)[C@@H]2[C@@H](c2ccccc2)N3)cc1OC. The van der Waals surface area contributed by atoms with Crippen LogP contribution in [0.4, 0.5) is 11.4 Å². The number of fused-ring (bicyclic) bond motifs is 7. The Labute approximate surface area is 200 Å². The largest absolute Gasteiger partial charge is 0.493 e. The van der Waals surface area contributed by atoms with Gasteiger partial charge in [-0.1, -0.05) is 30.3 Å². The van der Waals surface area contributed by atoms with Gasteiger partial charge < -0.3 is 20.1 Å². The van der Waals surface area contributed by atoms with Crippen molar-refractivity contribution in [2.75, 3.05) is 24.9 Å². The van der Waals surface area contributed by atoms with Crippen molar-refractivity contribution in [3.05, 3.63) is 83.4 Å². The topological polar surface area (TPSA) is 59.6 Å². The van der Waals surface area contributed by atoms with E-state index in [1.165, 1.54) is 36.1 Å². The number of methoxy groups -OCH3 is 2. The average molecular weight is 455 g/mol. The van der Waals surface area contributed by atoms with E-state index in [2.05, 4.69) is 53.1 Å². The van der Waals surface area contributed by atoms with Gasteiger partial charge in [-0.15, -0.1) is 0 Å². The van der Waals surface area contributed by atoms with Gasteiger partial charge in [-0.3, -0.25) is 4.79 Å². The van der Waals surface area contributed by atoms with E-state index in [0.29, 0.717) is 46.5 Å². The van der Waals surface area contributed by atoms with Crippen LogP contribution in [-0.2, 0) is 0 Å². The first-order chi connectivity index (χ1) is 16.7. The third-order valence-corrected chi connectivity index (χ3v) is 8.15. The van der Waals surface area contributed by atoms with E-state index in [9.17, 15) is 4.79 Å². The summed E-state index contributed by atoms with van der Waals surface area (Å²) in [5.74, 6) is 3.67. The maximum atomic E-state index is 13.2. The molecular formula is C29H30N2O3. The van der Waals surface area contributed by atoms with Crippen LogP contribution >= 0.6 is 0 Å². The first-order valence-corrected chi connectivity index (χ1v) is 12.1. The molecule has 5 nitrogen and oxygen atoms in total. The number of rotatable bonds is 5. The van der Waals surface area contributed by atoms with Gasteiger partial charge in [0.25, 0.3) is 5.91 Å². The summed E-state index contributed by atoms with van der Waals surface area (Å²) >= 11 is 0. The maximum absolute atomic E-state index is 13.2. The second-order valence-corrected chi connectivity index (χ2v) is 9.79. The first kappa shape index (κ1) is 21.1. The maximum Gasteiger partial charge on any atom is 0.255 e. The summed E-state index contributed by atoms with van der Waals surface area (Å²) in [5, 5.41) is 6.88. The molecule has 2 saturated carbocycles. The number of nitrogens with one attached hydrogen (secondary N) is 2. The molecule has 2 fully saturated rings. The van der Waals surface area contributed by atoms with Crippen molar-refractivity contribution in [1.82, 2.24) is 0 Å². The molecule has 0 radical (unpaired) electrons. The van der Waals surface area contributed by atoms with Crippen LogP contribution in [0.15, 0.2) is 66.7 Å². The van der Waals surface area contributed by atoms with Crippen LogP contribution in [0.2, 0.25) is 0 Å². The third kappa shape index (κ3) is 3.42. The molecule has 2 aliphatic carbocycles. The van der Waals surface area contributed by atoms with Gasteiger partial charge in [0.15, 0.2) is 11.5 Å². The van der Waals surface area contributed by atoms with Crippen LogP contribution in [0.3, 0.4) is 0 Å². The summed E-state index contributed by atoms with van der Waals surface area (Å²) in [6, 6.07) is 22.7. The molecule has 34 heavy (non-hydrogen) atoms. The zero-order valence-electron chi connectivity index (χ0n) is 19.6. The monoisotopic (exact) mass is 454 g/mol. The predicted octanol–water partition coefficient (Wildman–Crippen LogP) is 6.25. The quantitative estimate of drug-likeness (QED) is 0.478. The smallest absolute Gasteiger partial charge is 0.255 e. The number of hydrogen-bond donors (Lipinski definition) is 2. The number of carbonyl (C=O) groups excluding carboxylic acids is 1. The lowest BCUT2D eigenvalue weighted by molar-refractivity contribution is 0.102. The molecule has 5 heteroatoms. The molecule has 0 spiro atoms. The lowest BCUT2D eigenvalue weighted by Crippen LogP contribution is -2.35. The van der Waals surface area contributed by atoms with Crippen molar-refractivity contribution >= 4 is 17.3 Å². The van der Waals surface area contributed by atoms with E-state index in [1.54, 1.807) is 26.4 Å². The number of anilines is 2. The highest BCUT2D eigenvalue weighted by atomic mass is 16.5. The third-order valence-electron chi connectivity index (χ3n) is 8.15. The molecule has 1 aliphatic heterocycles. The van der Waals surface area contributed by atoms with Crippen molar-refractivity contribution in [3.8, 4) is 11.5 Å². The highest BCUT2D eigenvalue weighted by Crippen LogP contribution is 2.63. The average Bonchev–Trinajstić information content (AvgIpc) is 3.51. The van der Waals surface area contributed by atoms with Crippen LogP contribution in [0.25, 0.3) is 0 Å². The van der Waals surface area contributed by atoms with E-state index in [-0.39, 0.29) is 5.91 Å². The Morgan fingerprint density at radius 3 is 2.50 bits per heavy atom. The highest BCUT2D eigenvalue weighted by molar-refractivity contribution is 6.05. The summed E-state index contributed by atoms with van der Waals surface area (Å²) < 4.78 is 10.7. The number of ether oxygens (including phenoxy) is 2. The summed E-state index contributed by atoms with van der Waals surface area (Å²) in [4.78, 5) is 13.2. The molecule has 2 N–H and O–H groups in total. The van der Waals surface area contributed by atoms with Gasteiger partial charge in [0, 0.05) is 23.0 Å². The summed E-state index contributed by atoms with van der Waals surface area (Å²) in [6.07, 6.45) is 3.93. The van der Waals surface area contributed by atoms with Crippen molar-refractivity contribution in [2.45, 2.75) is 31.2 Å². The number of hydrogen-bond acceptors (Lipinski definition) is 4. The van der Waals surface area contributed by atoms with Crippen molar-refractivity contribution in [1.29, 1.82) is 0 Å². The molecule has 5 atom stereocenters. The fourth-order valence-corrected chi connectivity index (χ4v) is 6.73. The zero-order valence-corrected chi connectivity index (χ0v) is 19.6. The van der Waals surface area contributed by atoms with E-state index >= 15 is 0 Å². The van der Waals surface area contributed by atoms with E-state index in [1.807, 2.05) is 12.1 Å². The van der Waals surface area contributed by atoms with Crippen molar-refractivity contribution in [3.63, 3.8) is 0 Å². The normalized spacial score (nSPS) is 26.2. The molecule has 174 valence electrons. The summed E-state index contributed by atoms with van der Waals surface area (Å²) in [5.41, 5.74) is 5.22. The molecule has 6 rings (SSSR count). The number of carbonyl (C=O) groups is 1. The van der Waals surface area contributed by atoms with Crippen LogP contribution < -0.4 is 20.1 Å². The molecule has 3 aromatic carbocycles. The van der Waals surface area contributed by atoms with Gasteiger partial charge in [0.1, 0.15) is 0 Å². The van der Waals surface area contributed by atoms with Crippen LogP contribution in [0, 0.1) is 17.8 Å². The Kier molecular flexibility index (Phi) is 5.20. The van der Waals surface area contributed by atoms with Crippen molar-refractivity contribution in [2.24, 2.45) is 17.8 Å². The Bertz CT molecular complexity index is 1230. The summed E-state index contributed by atoms with van der Waals surface area (Å²) in [7, 11) is 3.19. The molecule has 3 aromatic rings.